The fourth-order valence-electron chi connectivity index (χ4n) is 2.86. The first-order valence-electron chi connectivity index (χ1n) is 8.37. The average molecular weight is 359 g/mol. The van der Waals surface area contributed by atoms with Gasteiger partial charge in [0.15, 0.2) is 0 Å². The molecule has 0 unspecified atom stereocenters. The third-order valence-electron chi connectivity index (χ3n) is 4.14. The molecule has 0 aliphatic rings. The Kier molecular flexibility index (Phi) is 4.25. The summed E-state index contributed by atoms with van der Waals surface area (Å²) in [5.74, 6) is 0.543. The molecule has 1 aromatic carbocycles. The fraction of sp³-hybridized carbons (Fsp3) is 0.100. The van der Waals surface area contributed by atoms with E-state index in [4.69, 9.17) is 9.72 Å². The number of fused-ring (bicyclic) bond motifs is 1. The number of nitrogens with one attached hydrogen (secondary N) is 1. The van der Waals surface area contributed by atoms with Gasteiger partial charge >= 0.3 is 0 Å². The maximum Gasteiger partial charge on any atom is 0.275 e. The number of aromatic nitrogens is 4. The molecule has 7 heteroatoms. The molecule has 0 saturated heterocycles. The minimum atomic E-state index is -0.366. The lowest BCUT2D eigenvalue weighted by molar-refractivity contribution is 0.102. The van der Waals surface area contributed by atoms with Crippen LogP contribution < -0.4 is 10.1 Å². The number of amides is 1. The Morgan fingerprint density at radius 2 is 2.00 bits per heavy atom. The van der Waals surface area contributed by atoms with E-state index in [9.17, 15) is 4.79 Å². The van der Waals surface area contributed by atoms with Gasteiger partial charge in [-0.25, -0.2) is 15.0 Å². The minimum Gasteiger partial charge on any atom is -0.481 e. The summed E-state index contributed by atoms with van der Waals surface area (Å²) in [7, 11) is 1.49. The molecule has 4 aromatic rings. The topological polar surface area (TPSA) is 81.4 Å². The Morgan fingerprint density at radius 3 is 2.81 bits per heavy atom. The summed E-state index contributed by atoms with van der Waals surface area (Å²) in [5, 5.41) is 2.93. The molecule has 0 spiro atoms. The van der Waals surface area contributed by atoms with Crippen LogP contribution >= 0.6 is 0 Å². The number of aryl methyl sites for hydroxylation is 1. The van der Waals surface area contributed by atoms with Crippen molar-refractivity contribution in [1.82, 2.24) is 19.4 Å². The molecule has 134 valence electrons. The van der Waals surface area contributed by atoms with Gasteiger partial charge in [-0.2, -0.15) is 0 Å². The first-order valence-corrected chi connectivity index (χ1v) is 8.37. The Bertz CT molecular complexity index is 1140. The quantitative estimate of drug-likeness (QED) is 0.604. The molecule has 0 saturated carbocycles. The van der Waals surface area contributed by atoms with Crippen LogP contribution in [0, 0.1) is 6.92 Å². The van der Waals surface area contributed by atoms with Crippen LogP contribution in [0.25, 0.3) is 16.9 Å². The predicted octanol–water partition coefficient (Wildman–Crippen LogP) is 3.36. The second-order valence-electron chi connectivity index (χ2n) is 6.01. The molecular formula is C20H17N5O2. The maximum atomic E-state index is 12.8. The Balaban J connectivity index is 1.80. The summed E-state index contributed by atoms with van der Waals surface area (Å²) in [6.45, 7) is 2.02. The highest BCUT2D eigenvalue weighted by Crippen LogP contribution is 2.29. The van der Waals surface area contributed by atoms with Crippen molar-refractivity contribution in [3.63, 3.8) is 0 Å². The van der Waals surface area contributed by atoms with Crippen molar-refractivity contribution in [2.75, 3.05) is 12.4 Å². The number of anilines is 1. The van der Waals surface area contributed by atoms with Crippen molar-refractivity contribution < 1.29 is 9.53 Å². The molecule has 7 nitrogen and oxygen atoms in total. The number of carbonyl (C=O) groups excluding carboxylic acids is 1. The van der Waals surface area contributed by atoms with E-state index in [2.05, 4.69) is 15.3 Å². The van der Waals surface area contributed by atoms with E-state index in [-0.39, 0.29) is 11.6 Å². The van der Waals surface area contributed by atoms with Crippen LogP contribution in [-0.2, 0) is 0 Å². The molecule has 0 atom stereocenters. The zero-order valence-electron chi connectivity index (χ0n) is 14.9. The summed E-state index contributed by atoms with van der Waals surface area (Å²) in [6, 6.07) is 15.2. The summed E-state index contributed by atoms with van der Waals surface area (Å²) in [5.41, 5.74) is 3.68. The fourth-order valence-corrected chi connectivity index (χ4v) is 2.86. The van der Waals surface area contributed by atoms with Crippen LogP contribution in [-0.4, -0.2) is 32.4 Å². The number of hydrogen-bond donors (Lipinski definition) is 1. The largest absolute Gasteiger partial charge is 0.481 e. The second-order valence-corrected chi connectivity index (χ2v) is 6.01. The van der Waals surface area contributed by atoms with E-state index in [1.54, 1.807) is 0 Å². The molecule has 0 radical (unpaired) electrons. The third-order valence-corrected chi connectivity index (χ3v) is 4.14. The van der Waals surface area contributed by atoms with Gasteiger partial charge in [0, 0.05) is 17.8 Å². The highest BCUT2D eigenvalue weighted by Gasteiger charge is 2.18. The van der Waals surface area contributed by atoms with Crippen LogP contribution in [0.15, 0.2) is 61.1 Å². The molecule has 3 heterocycles. The summed E-state index contributed by atoms with van der Waals surface area (Å²) < 4.78 is 6.91. The molecule has 0 bridgehead atoms. The van der Waals surface area contributed by atoms with Gasteiger partial charge in [0.25, 0.3) is 5.91 Å². The summed E-state index contributed by atoms with van der Waals surface area (Å²) in [6.07, 6.45) is 3.15. The Morgan fingerprint density at radius 1 is 1.11 bits per heavy atom. The van der Waals surface area contributed by atoms with Crippen molar-refractivity contribution >= 4 is 17.4 Å². The minimum absolute atomic E-state index is 0.211. The number of methoxy groups -OCH3 is 1. The SMILES string of the molecule is COc1cc(C(=O)Nc2c(-c3cccc(C)c3)nc3ccccn23)ncn1. The van der Waals surface area contributed by atoms with E-state index in [1.165, 1.54) is 19.5 Å². The molecule has 0 fully saturated rings. The van der Waals surface area contributed by atoms with Crippen LogP contribution in [0.3, 0.4) is 0 Å². The van der Waals surface area contributed by atoms with E-state index in [0.29, 0.717) is 17.4 Å². The number of carbonyl (C=O) groups is 1. The van der Waals surface area contributed by atoms with E-state index < -0.39 is 0 Å². The Hall–Kier alpha value is -3.74. The van der Waals surface area contributed by atoms with Crippen LogP contribution in [0.1, 0.15) is 16.1 Å². The molecule has 27 heavy (non-hydrogen) atoms. The smallest absolute Gasteiger partial charge is 0.275 e. The lowest BCUT2D eigenvalue weighted by Crippen LogP contribution is -2.16. The number of imidazole rings is 1. The normalized spacial score (nSPS) is 10.7. The van der Waals surface area contributed by atoms with E-state index in [0.717, 1.165) is 16.8 Å². The van der Waals surface area contributed by atoms with Gasteiger partial charge < -0.3 is 10.1 Å². The third kappa shape index (κ3) is 3.22. The monoisotopic (exact) mass is 359 g/mol. The first-order chi connectivity index (χ1) is 13.2. The number of ether oxygens (including phenoxy) is 1. The van der Waals surface area contributed by atoms with Gasteiger partial charge in [-0.05, 0) is 25.1 Å². The van der Waals surface area contributed by atoms with E-state index in [1.807, 2.05) is 60.0 Å². The van der Waals surface area contributed by atoms with Gasteiger partial charge in [-0.1, -0.05) is 29.8 Å². The highest BCUT2D eigenvalue weighted by molar-refractivity contribution is 6.04. The standard InChI is InChI=1S/C20H17N5O2/c1-13-6-5-7-14(10-13)18-19(25-9-4-3-8-16(25)23-18)24-20(26)15-11-17(27-2)22-12-21-15/h3-12H,1-2H3,(H,24,26). The van der Waals surface area contributed by atoms with Crippen molar-refractivity contribution in [2.24, 2.45) is 0 Å². The first kappa shape index (κ1) is 16.7. The van der Waals surface area contributed by atoms with Gasteiger partial charge in [-0.15, -0.1) is 0 Å². The molecule has 1 N–H and O–H groups in total. The maximum absolute atomic E-state index is 12.8. The highest BCUT2D eigenvalue weighted by atomic mass is 16.5. The zero-order chi connectivity index (χ0) is 18.8. The molecule has 0 aliphatic heterocycles. The summed E-state index contributed by atoms with van der Waals surface area (Å²) >= 11 is 0. The molecule has 1 amide bonds. The number of nitrogens with zero attached hydrogens (tertiary/aromatic N) is 4. The number of benzene rings is 1. The van der Waals surface area contributed by atoms with Crippen molar-refractivity contribution in [2.45, 2.75) is 6.92 Å². The van der Waals surface area contributed by atoms with Gasteiger partial charge in [0.1, 0.15) is 29.2 Å². The zero-order valence-corrected chi connectivity index (χ0v) is 14.9. The van der Waals surface area contributed by atoms with Crippen LogP contribution in [0.4, 0.5) is 5.82 Å². The van der Waals surface area contributed by atoms with Crippen LogP contribution in [0.5, 0.6) is 5.88 Å². The number of rotatable bonds is 4. The van der Waals surface area contributed by atoms with Crippen LogP contribution in [0.2, 0.25) is 0 Å². The molecule has 0 aliphatic carbocycles. The van der Waals surface area contributed by atoms with Crippen molar-refractivity contribution in [3.8, 4) is 17.1 Å². The molecular weight excluding hydrogens is 342 g/mol. The lowest BCUT2D eigenvalue weighted by Gasteiger charge is -2.08. The van der Waals surface area contributed by atoms with E-state index >= 15 is 0 Å². The summed E-state index contributed by atoms with van der Waals surface area (Å²) in [4.78, 5) is 25.4. The molecule has 3 aromatic heterocycles. The second kappa shape index (κ2) is 6.87. The Labute approximate surface area is 155 Å². The van der Waals surface area contributed by atoms with Gasteiger partial charge in [-0.3, -0.25) is 9.20 Å². The van der Waals surface area contributed by atoms with Crippen molar-refractivity contribution in [3.05, 3.63) is 72.3 Å². The predicted molar refractivity (Wildman–Crippen MR) is 102 cm³/mol. The van der Waals surface area contributed by atoms with Crippen molar-refractivity contribution in [1.29, 1.82) is 0 Å². The van der Waals surface area contributed by atoms with Gasteiger partial charge in [0.05, 0.1) is 7.11 Å². The number of pyridine rings is 1. The lowest BCUT2D eigenvalue weighted by atomic mass is 10.1. The average Bonchev–Trinajstić information content (AvgIpc) is 3.06. The van der Waals surface area contributed by atoms with Gasteiger partial charge in [0.2, 0.25) is 5.88 Å². The molecule has 4 rings (SSSR count). The number of hydrogen-bond acceptors (Lipinski definition) is 5.